The van der Waals surface area contributed by atoms with Crippen molar-refractivity contribution in [2.24, 2.45) is 0 Å². The van der Waals surface area contributed by atoms with Gasteiger partial charge in [-0.05, 0) is 57.8 Å². The lowest BCUT2D eigenvalue weighted by molar-refractivity contribution is 0.587. The van der Waals surface area contributed by atoms with E-state index in [1.54, 1.807) is 18.2 Å². The van der Waals surface area contributed by atoms with E-state index in [0.717, 1.165) is 9.13 Å². The number of hydrogen-bond donors (Lipinski definition) is 1. The highest BCUT2D eigenvalue weighted by Gasteiger charge is 2.18. The summed E-state index contributed by atoms with van der Waals surface area (Å²) in [7, 11) is -3.55. The van der Waals surface area contributed by atoms with Gasteiger partial charge in [0, 0.05) is 3.57 Å². The number of hydrogen-bond acceptors (Lipinski definition) is 2. The Kier molecular flexibility index (Phi) is 4.63. The third-order valence-electron chi connectivity index (χ3n) is 3.15. The Morgan fingerprint density at radius 1 is 0.952 bits per heavy atom. The van der Waals surface area contributed by atoms with Crippen LogP contribution in [-0.4, -0.2) is 8.42 Å². The Morgan fingerprint density at radius 2 is 1.52 bits per heavy atom. The summed E-state index contributed by atoms with van der Waals surface area (Å²) in [6.07, 6.45) is 0. The van der Waals surface area contributed by atoms with Crippen LogP contribution in [0.3, 0.4) is 0 Å². The molecule has 0 spiro atoms. The van der Waals surface area contributed by atoms with Gasteiger partial charge in [0.15, 0.2) is 0 Å². The summed E-state index contributed by atoms with van der Waals surface area (Å²) >= 11 is 2.11. The number of sulfonamides is 1. The first kappa shape index (κ1) is 16.3. The van der Waals surface area contributed by atoms with E-state index in [2.05, 4.69) is 48.1 Å². The summed E-state index contributed by atoms with van der Waals surface area (Å²) in [6, 6.07) is 14.3. The highest BCUT2D eigenvalue weighted by Crippen LogP contribution is 2.25. The van der Waals surface area contributed by atoms with Crippen LogP contribution in [0.2, 0.25) is 0 Å². The van der Waals surface area contributed by atoms with Gasteiger partial charge in [0.2, 0.25) is 0 Å². The van der Waals surface area contributed by atoms with Crippen molar-refractivity contribution in [2.45, 2.75) is 31.1 Å². The molecule has 5 heteroatoms. The maximum atomic E-state index is 12.4. The predicted molar refractivity (Wildman–Crippen MR) is 95.1 cm³/mol. The SMILES string of the molecule is CC(C)(C)c1ccc(S(=O)(=O)Nc2ccccc2I)cc1. The van der Waals surface area contributed by atoms with Crippen molar-refractivity contribution in [1.29, 1.82) is 0 Å². The Hall–Kier alpha value is -1.08. The van der Waals surface area contributed by atoms with Gasteiger partial charge in [0.05, 0.1) is 10.6 Å². The molecule has 0 heterocycles. The zero-order chi connectivity index (χ0) is 15.7. The van der Waals surface area contributed by atoms with Crippen molar-refractivity contribution in [1.82, 2.24) is 0 Å². The van der Waals surface area contributed by atoms with Crippen LogP contribution in [0.1, 0.15) is 26.3 Å². The Labute approximate surface area is 140 Å². The maximum Gasteiger partial charge on any atom is 0.261 e. The number of anilines is 1. The zero-order valence-corrected chi connectivity index (χ0v) is 15.2. The zero-order valence-electron chi connectivity index (χ0n) is 12.2. The molecule has 21 heavy (non-hydrogen) atoms. The molecule has 0 saturated heterocycles. The minimum absolute atomic E-state index is 0.00449. The largest absolute Gasteiger partial charge is 0.279 e. The summed E-state index contributed by atoms with van der Waals surface area (Å²) in [6.45, 7) is 6.29. The van der Waals surface area contributed by atoms with Crippen LogP contribution in [0.25, 0.3) is 0 Å². The van der Waals surface area contributed by atoms with Gasteiger partial charge in [-0.25, -0.2) is 8.42 Å². The van der Waals surface area contributed by atoms with Gasteiger partial charge in [-0.3, -0.25) is 4.72 Å². The van der Waals surface area contributed by atoms with Crippen LogP contribution >= 0.6 is 22.6 Å². The van der Waals surface area contributed by atoms with Gasteiger partial charge in [-0.15, -0.1) is 0 Å². The molecule has 112 valence electrons. The molecule has 0 unspecified atom stereocenters. The van der Waals surface area contributed by atoms with E-state index < -0.39 is 10.0 Å². The number of para-hydroxylation sites is 1. The first-order valence-corrected chi connectivity index (χ1v) is 9.14. The van der Waals surface area contributed by atoms with Crippen molar-refractivity contribution in [2.75, 3.05) is 4.72 Å². The third kappa shape index (κ3) is 3.97. The topological polar surface area (TPSA) is 46.2 Å². The maximum absolute atomic E-state index is 12.4. The van der Waals surface area contributed by atoms with Gasteiger partial charge in [0.25, 0.3) is 10.0 Å². The van der Waals surface area contributed by atoms with Crippen molar-refractivity contribution in [3.05, 3.63) is 57.7 Å². The Balaban J connectivity index is 2.30. The average Bonchev–Trinajstić information content (AvgIpc) is 2.40. The first-order valence-electron chi connectivity index (χ1n) is 6.58. The van der Waals surface area contributed by atoms with Gasteiger partial charge in [-0.1, -0.05) is 45.0 Å². The fraction of sp³-hybridized carbons (Fsp3) is 0.250. The van der Waals surface area contributed by atoms with Gasteiger partial charge in [0.1, 0.15) is 0 Å². The van der Waals surface area contributed by atoms with Gasteiger partial charge < -0.3 is 0 Å². The Morgan fingerprint density at radius 3 is 2.05 bits per heavy atom. The molecule has 0 fully saturated rings. The summed E-state index contributed by atoms with van der Waals surface area (Å²) in [5.74, 6) is 0. The van der Waals surface area contributed by atoms with E-state index in [1.165, 1.54) is 0 Å². The molecule has 2 rings (SSSR count). The molecule has 0 saturated carbocycles. The van der Waals surface area contributed by atoms with E-state index in [4.69, 9.17) is 0 Å². The molecular weight excluding hydrogens is 397 g/mol. The molecule has 3 nitrogen and oxygen atoms in total. The second-order valence-corrected chi connectivity index (χ2v) is 8.70. The molecule has 2 aromatic carbocycles. The molecule has 0 aliphatic rings. The van der Waals surface area contributed by atoms with Gasteiger partial charge in [-0.2, -0.15) is 0 Å². The van der Waals surface area contributed by atoms with E-state index in [-0.39, 0.29) is 10.3 Å². The second kappa shape index (κ2) is 5.96. The Bertz CT molecular complexity index is 732. The molecule has 0 aromatic heterocycles. The molecule has 0 aliphatic carbocycles. The van der Waals surface area contributed by atoms with Crippen LogP contribution in [0.4, 0.5) is 5.69 Å². The normalized spacial score (nSPS) is 12.2. The van der Waals surface area contributed by atoms with Crippen LogP contribution in [0, 0.1) is 3.57 Å². The first-order chi connectivity index (χ1) is 9.70. The monoisotopic (exact) mass is 415 g/mol. The number of halogens is 1. The number of nitrogens with one attached hydrogen (secondary N) is 1. The molecule has 2 aromatic rings. The molecular formula is C16H18INO2S. The number of benzene rings is 2. The highest BCUT2D eigenvalue weighted by molar-refractivity contribution is 14.1. The lowest BCUT2D eigenvalue weighted by Gasteiger charge is -2.19. The van der Waals surface area contributed by atoms with Gasteiger partial charge >= 0.3 is 0 Å². The lowest BCUT2D eigenvalue weighted by atomic mass is 9.87. The molecule has 0 bridgehead atoms. The van der Waals surface area contributed by atoms with Crippen molar-refractivity contribution < 1.29 is 8.42 Å². The van der Waals surface area contributed by atoms with E-state index in [1.807, 2.05) is 30.3 Å². The van der Waals surface area contributed by atoms with Crippen LogP contribution in [0.5, 0.6) is 0 Å². The van der Waals surface area contributed by atoms with Crippen molar-refractivity contribution >= 4 is 38.3 Å². The lowest BCUT2D eigenvalue weighted by Crippen LogP contribution is -2.15. The van der Waals surface area contributed by atoms with E-state index >= 15 is 0 Å². The molecule has 0 radical (unpaired) electrons. The summed E-state index contributed by atoms with van der Waals surface area (Å²) < 4.78 is 28.3. The quantitative estimate of drug-likeness (QED) is 0.756. The minimum atomic E-state index is -3.55. The van der Waals surface area contributed by atoms with E-state index in [9.17, 15) is 8.42 Å². The summed E-state index contributed by atoms with van der Waals surface area (Å²) in [4.78, 5) is 0.273. The van der Waals surface area contributed by atoms with E-state index in [0.29, 0.717) is 5.69 Å². The van der Waals surface area contributed by atoms with Crippen LogP contribution in [-0.2, 0) is 15.4 Å². The van der Waals surface area contributed by atoms with Crippen LogP contribution < -0.4 is 4.72 Å². The fourth-order valence-corrected chi connectivity index (χ4v) is 3.67. The third-order valence-corrected chi connectivity index (χ3v) is 5.47. The highest BCUT2D eigenvalue weighted by atomic mass is 127. The summed E-state index contributed by atoms with van der Waals surface area (Å²) in [5, 5.41) is 0. The second-order valence-electron chi connectivity index (χ2n) is 5.86. The summed E-state index contributed by atoms with van der Waals surface area (Å²) in [5.41, 5.74) is 1.71. The standard InChI is InChI=1S/C16H18INO2S/c1-16(2,3)12-8-10-13(11-9-12)21(19,20)18-15-7-5-4-6-14(15)17/h4-11,18H,1-3H3. The fourth-order valence-electron chi connectivity index (χ4n) is 1.88. The smallest absolute Gasteiger partial charge is 0.261 e. The predicted octanol–water partition coefficient (Wildman–Crippen LogP) is 4.39. The molecule has 0 atom stereocenters. The van der Waals surface area contributed by atoms with Crippen LogP contribution in [0.15, 0.2) is 53.4 Å². The molecule has 1 N–H and O–H groups in total. The molecule has 0 aliphatic heterocycles. The average molecular weight is 415 g/mol. The molecule has 0 amide bonds. The minimum Gasteiger partial charge on any atom is -0.279 e. The number of rotatable bonds is 3. The van der Waals surface area contributed by atoms with Crippen molar-refractivity contribution in [3.8, 4) is 0 Å². The van der Waals surface area contributed by atoms with Crippen molar-refractivity contribution in [3.63, 3.8) is 0 Å².